The van der Waals surface area contributed by atoms with Crippen LogP contribution in [0.4, 0.5) is 0 Å². The maximum Gasteiger partial charge on any atom is 0.273 e. The van der Waals surface area contributed by atoms with Crippen LogP contribution >= 0.6 is 0 Å². The number of aromatic nitrogens is 2. The van der Waals surface area contributed by atoms with Gasteiger partial charge >= 0.3 is 0 Å². The van der Waals surface area contributed by atoms with Gasteiger partial charge in [-0.05, 0) is 68.7 Å². The Morgan fingerprint density at radius 1 is 0.971 bits per heavy atom. The molecule has 1 saturated carbocycles. The van der Waals surface area contributed by atoms with Crippen molar-refractivity contribution in [2.45, 2.75) is 58.0 Å². The first-order chi connectivity index (χ1) is 17.2. The smallest absolute Gasteiger partial charge is 0.273 e. The number of rotatable bonds is 8. The van der Waals surface area contributed by atoms with E-state index >= 15 is 0 Å². The third-order valence-corrected chi connectivity index (χ3v) is 7.02. The van der Waals surface area contributed by atoms with E-state index in [1.807, 2.05) is 50.2 Å². The van der Waals surface area contributed by atoms with Crippen LogP contribution in [0.3, 0.4) is 0 Å². The van der Waals surface area contributed by atoms with Crippen LogP contribution in [0, 0.1) is 0 Å². The predicted octanol–water partition coefficient (Wildman–Crippen LogP) is 5.76. The molecule has 1 aromatic heterocycles. The monoisotopic (exact) mass is 475 g/mol. The number of fused-ring (bicyclic) bond motifs is 1. The highest BCUT2D eigenvalue weighted by atomic mass is 16.5. The molecule has 5 rings (SSSR count). The molecule has 1 unspecified atom stereocenters. The summed E-state index contributed by atoms with van der Waals surface area (Å²) in [5.74, 6) is 2.22. The van der Waals surface area contributed by atoms with Gasteiger partial charge in [0, 0.05) is 17.2 Å². The first kappa shape index (κ1) is 23.3. The van der Waals surface area contributed by atoms with Crippen LogP contribution in [0.25, 0.3) is 11.3 Å². The molecule has 1 fully saturated rings. The molecule has 0 bridgehead atoms. The van der Waals surface area contributed by atoms with Gasteiger partial charge in [-0.1, -0.05) is 25.3 Å². The highest BCUT2D eigenvalue weighted by Crippen LogP contribution is 2.47. The van der Waals surface area contributed by atoms with E-state index < -0.39 is 0 Å². The zero-order valence-corrected chi connectivity index (χ0v) is 20.7. The predicted molar refractivity (Wildman–Crippen MR) is 134 cm³/mol. The average molecular weight is 476 g/mol. The summed E-state index contributed by atoms with van der Waals surface area (Å²) in [5.41, 5.74) is 4.26. The van der Waals surface area contributed by atoms with E-state index in [1.54, 1.807) is 7.11 Å². The van der Waals surface area contributed by atoms with Crippen LogP contribution in [0.2, 0.25) is 0 Å². The van der Waals surface area contributed by atoms with Crippen molar-refractivity contribution in [3.05, 3.63) is 59.3 Å². The SMILES string of the molecule is CCOc1ccc(C2c3c(-c4ccc(OC)cc4)n[nH]c3C(=O)N2C2CCCCC2)cc1OCC. The van der Waals surface area contributed by atoms with Gasteiger partial charge in [-0.2, -0.15) is 5.10 Å². The molecule has 1 atom stereocenters. The number of ether oxygens (including phenoxy) is 3. The third-order valence-electron chi connectivity index (χ3n) is 7.02. The normalized spacial score (nSPS) is 18.0. The van der Waals surface area contributed by atoms with Gasteiger partial charge < -0.3 is 19.1 Å². The molecule has 7 nitrogen and oxygen atoms in total. The quantitative estimate of drug-likeness (QED) is 0.448. The first-order valence-corrected chi connectivity index (χ1v) is 12.6. The maximum absolute atomic E-state index is 13.8. The molecule has 1 amide bonds. The summed E-state index contributed by atoms with van der Waals surface area (Å²) in [6, 6.07) is 13.8. The van der Waals surface area contributed by atoms with Gasteiger partial charge in [0.25, 0.3) is 5.91 Å². The number of methoxy groups -OCH3 is 1. The van der Waals surface area contributed by atoms with Crippen LogP contribution in [0.1, 0.15) is 73.6 Å². The molecule has 0 saturated heterocycles. The van der Waals surface area contributed by atoms with Gasteiger partial charge in [0.1, 0.15) is 11.4 Å². The largest absolute Gasteiger partial charge is 0.497 e. The summed E-state index contributed by atoms with van der Waals surface area (Å²) >= 11 is 0. The third kappa shape index (κ3) is 4.24. The van der Waals surface area contributed by atoms with E-state index in [0.29, 0.717) is 24.7 Å². The lowest BCUT2D eigenvalue weighted by Gasteiger charge is -2.36. The van der Waals surface area contributed by atoms with Crippen LogP contribution in [-0.2, 0) is 0 Å². The topological polar surface area (TPSA) is 76.7 Å². The zero-order valence-electron chi connectivity index (χ0n) is 20.7. The molecule has 1 aliphatic carbocycles. The number of benzene rings is 2. The van der Waals surface area contributed by atoms with Gasteiger partial charge in [0.05, 0.1) is 32.1 Å². The number of hydrogen-bond acceptors (Lipinski definition) is 5. The summed E-state index contributed by atoms with van der Waals surface area (Å²) in [6.45, 7) is 5.02. The lowest BCUT2D eigenvalue weighted by Crippen LogP contribution is -2.40. The van der Waals surface area contributed by atoms with E-state index in [-0.39, 0.29) is 18.0 Å². The second kappa shape index (κ2) is 10.0. The van der Waals surface area contributed by atoms with Gasteiger partial charge in [0.2, 0.25) is 0 Å². The first-order valence-electron chi connectivity index (χ1n) is 12.6. The molecule has 35 heavy (non-hydrogen) atoms. The van der Waals surface area contributed by atoms with Crippen LogP contribution in [0.5, 0.6) is 17.2 Å². The minimum atomic E-state index is -0.244. The maximum atomic E-state index is 13.8. The highest BCUT2D eigenvalue weighted by molar-refractivity contribution is 6.00. The Morgan fingerprint density at radius 2 is 1.69 bits per heavy atom. The summed E-state index contributed by atoms with van der Waals surface area (Å²) in [6.07, 6.45) is 5.56. The summed E-state index contributed by atoms with van der Waals surface area (Å²) in [5, 5.41) is 7.68. The van der Waals surface area contributed by atoms with E-state index in [0.717, 1.165) is 59.6 Å². The average Bonchev–Trinajstić information content (AvgIpc) is 3.45. The number of nitrogens with one attached hydrogen (secondary N) is 1. The zero-order chi connectivity index (χ0) is 24.4. The Labute approximate surface area is 206 Å². The molecule has 1 N–H and O–H groups in total. The lowest BCUT2D eigenvalue weighted by atomic mass is 9.90. The molecule has 2 aliphatic rings. The lowest BCUT2D eigenvalue weighted by molar-refractivity contribution is 0.0605. The number of carbonyl (C=O) groups excluding carboxylic acids is 1. The van der Waals surface area contributed by atoms with Crippen molar-refractivity contribution in [1.29, 1.82) is 0 Å². The number of H-pyrrole nitrogens is 1. The number of aromatic amines is 1. The van der Waals surface area contributed by atoms with Gasteiger partial charge in [-0.3, -0.25) is 9.89 Å². The van der Waals surface area contributed by atoms with E-state index in [1.165, 1.54) is 6.42 Å². The summed E-state index contributed by atoms with van der Waals surface area (Å²) in [4.78, 5) is 15.9. The van der Waals surface area contributed by atoms with Gasteiger partial charge in [0.15, 0.2) is 11.5 Å². The Morgan fingerprint density at radius 3 is 2.37 bits per heavy atom. The van der Waals surface area contributed by atoms with Crippen molar-refractivity contribution in [2.24, 2.45) is 0 Å². The number of carbonyl (C=O) groups is 1. The molecule has 184 valence electrons. The van der Waals surface area contributed by atoms with Crippen molar-refractivity contribution < 1.29 is 19.0 Å². The van der Waals surface area contributed by atoms with Crippen molar-refractivity contribution in [1.82, 2.24) is 15.1 Å². The fourth-order valence-electron chi connectivity index (χ4n) is 5.44. The standard InChI is InChI=1S/C28H33N3O4/c1-4-34-22-16-13-19(17-23(22)35-5-2)27-24-25(18-11-14-21(33-3)15-12-18)29-30-26(24)28(32)31(27)20-9-7-6-8-10-20/h11-17,20,27H,4-10H2,1-3H3,(H,29,30). The van der Waals surface area contributed by atoms with Crippen molar-refractivity contribution in [3.63, 3.8) is 0 Å². The van der Waals surface area contributed by atoms with Crippen LogP contribution < -0.4 is 14.2 Å². The van der Waals surface area contributed by atoms with E-state index in [9.17, 15) is 4.79 Å². The molecule has 3 aromatic rings. The van der Waals surface area contributed by atoms with Crippen LogP contribution in [-0.4, -0.2) is 47.4 Å². The molecule has 0 spiro atoms. The minimum Gasteiger partial charge on any atom is -0.497 e. The molecule has 7 heteroatoms. The molecule has 1 aliphatic heterocycles. The molecule has 2 aromatic carbocycles. The van der Waals surface area contributed by atoms with Crippen molar-refractivity contribution in [2.75, 3.05) is 20.3 Å². The molecular formula is C28H33N3O4. The number of nitrogens with zero attached hydrogens (tertiary/aromatic N) is 2. The minimum absolute atomic E-state index is 0.0241. The summed E-state index contributed by atoms with van der Waals surface area (Å²) < 4.78 is 17.1. The summed E-state index contributed by atoms with van der Waals surface area (Å²) in [7, 11) is 1.65. The Hall–Kier alpha value is -3.48. The van der Waals surface area contributed by atoms with Crippen molar-refractivity contribution in [3.8, 4) is 28.5 Å². The Balaban J connectivity index is 1.64. The second-order valence-corrected chi connectivity index (χ2v) is 9.07. The van der Waals surface area contributed by atoms with Crippen molar-refractivity contribution >= 4 is 5.91 Å². The number of amides is 1. The fraction of sp³-hybridized carbons (Fsp3) is 0.429. The van der Waals surface area contributed by atoms with Gasteiger partial charge in [-0.25, -0.2) is 0 Å². The molecule has 0 radical (unpaired) electrons. The second-order valence-electron chi connectivity index (χ2n) is 9.07. The molecule has 2 heterocycles. The van der Waals surface area contributed by atoms with Crippen LogP contribution in [0.15, 0.2) is 42.5 Å². The van der Waals surface area contributed by atoms with E-state index in [2.05, 4.69) is 21.2 Å². The number of hydrogen-bond donors (Lipinski definition) is 1. The van der Waals surface area contributed by atoms with Gasteiger partial charge in [-0.15, -0.1) is 0 Å². The van der Waals surface area contributed by atoms with E-state index in [4.69, 9.17) is 14.2 Å². The Bertz CT molecular complexity index is 1180. The highest BCUT2D eigenvalue weighted by Gasteiger charge is 2.45. The fourth-order valence-corrected chi connectivity index (χ4v) is 5.44. The Kier molecular flexibility index (Phi) is 6.66. The molecular weight excluding hydrogens is 442 g/mol.